The van der Waals surface area contributed by atoms with E-state index in [0.29, 0.717) is 0 Å². The molecule has 1 aliphatic heterocycles. The minimum Gasteiger partial charge on any atom is -0.484 e. The van der Waals surface area contributed by atoms with E-state index in [1.807, 2.05) is 33.2 Å². The lowest BCUT2D eigenvalue weighted by Crippen LogP contribution is -2.38. The number of benzene rings is 1. The fourth-order valence-electron chi connectivity index (χ4n) is 4.52. The van der Waals surface area contributed by atoms with Crippen LogP contribution in [0.4, 0.5) is 5.69 Å². The van der Waals surface area contributed by atoms with Gasteiger partial charge in [0.15, 0.2) is 5.75 Å². The number of rotatable bonds is 3. The molecule has 1 aromatic carbocycles. The number of hydrogen-bond donors (Lipinski definition) is 0. The summed E-state index contributed by atoms with van der Waals surface area (Å²) in [5, 5.41) is 0. The fourth-order valence-corrected chi connectivity index (χ4v) is 4.52. The zero-order valence-corrected chi connectivity index (χ0v) is 17.1. The lowest BCUT2D eigenvalue weighted by molar-refractivity contribution is -0.116. The Balaban J connectivity index is 1.88. The first kappa shape index (κ1) is 18.5. The van der Waals surface area contributed by atoms with Gasteiger partial charge < -0.3 is 14.2 Å². The standard InChI is InChI=1S/C23H27N3O2/c1-7-16-12-23(13-17(16)8-2)10-9-18-19(26(6)15(4)27)11-20-21(22(18)28-23)24-14(3)25(20)5/h7-8,11H,1-2,9-10,12-13H2,3-6H3. The number of carbonyl (C=O) groups excluding carboxylic acids is 1. The SMILES string of the molecule is C=CC1=C(C=C)CC2(CCc3c(N(C)C(C)=O)cc4c(nc(C)n4C)c3O2)C1. The summed E-state index contributed by atoms with van der Waals surface area (Å²) < 4.78 is 8.80. The van der Waals surface area contributed by atoms with E-state index in [4.69, 9.17) is 9.72 Å². The molecule has 0 fully saturated rings. The summed E-state index contributed by atoms with van der Waals surface area (Å²) in [6.07, 6.45) is 7.25. The average Bonchev–Trinajstić information content (AvgIpc) is 3.18. The van der Waals surface area contributed by atoms with Crippen LogP contribution in [0, 0.1) is 6.92 Å². The zero-order valence-electron chi connectivity index (χ0n) is 17.1. The largest absolute Gasteiger partial charge is 0.484 e. The normalized spacial score (nSPS) is 17.6. The van der Waals surface area contributed by atoms with Gasteiger partial charge in [-0.25, -0.2) is 4.98 Å². The Morgan fingerprint density at radius 1 is 1.32 bits per heavy atom. The van der Waals surface area contributed by atoms with Crippen molar-refractivity contribution in [3.63, 3.8) is 0 Å². The maximum Gasteiger partial charge on any atom is 0.223 e. The minimum absolute atomic E-state index is 0.00569. The predicted molar refractivity (Wildman–Crippen MR) is 113 cm³/mol. The van der Waals surface area contributed by atoms with Crippen LogP contribution in [-0.2, 0) is 18.3 Å². The molecule has 1 spiro atoms. The van der Waals surface area contributed by atoms with E-state index in [2.05, 4.69) is 23.8 Å². The molecule has 5 nitrogen and oxygen atoms in total. The maximum atomic E-state index is 12.1. The zero-order chi connectivity index (χ0) is 20.2. The van der Waals surface area contributed by atoms with E-state index >= 15 is 0 Å². The number of carbonyl (C=O) groups is 1. The monoisotopic (exact) mass is 377 g/mol. The number of aryl methyl sites for hydroxylation is 2. The molecule has 2 aliphatic rings. The Morgan fingerprint density at radius 3 is 2.54 bits per heavy atom. The van der Waals surface area contributed by atoms with Crippen molar-refractivity contribution in [2.24, 2.45) is 7.05 Å². The number of fused-ring (bicyclic) bond motifs is 3. The summed E-state index contributed by atoms with van der Waals surface area (Å²) in [7, 11) is 3.82. The first-order chi connectivity index (χ1) is 13.3. The molecule has 0 saturated heterocycles. The topological polar surface area (TPSA) is 47.4 Å². The molecule has 146 valence electrons. The smallest absolute Gasteiger partial charge is 0.223 e. The molecular weight excluding hydrogens is 350 g/mol. The van der Waals surface area contributed by atoms with Crippen LogP contribution in [0.15, 0.2) is 42.5 Å². The molecule has 0 saturated carbocycles. The van der Waals surface area contributed by atoms with Crippen molar-refractivity contribution in [2.45, 2.75) is 45.1 Å². The number of amides is 1. The van der Waals surface area contributed by atoms with Crippen LogP contribution in [-0.4, -0.2) is 28.1 Å². The van der Waals surface area contributed by atoms with Crippen molar-refractivity contribution in [1.29, 1.82) is 0 Å². The van der Waals surface area contributed by atoms with Crippen molar-refractivity contribution >= 4 is 22.6 Å². The van der Waals surface area contributed by atoms with Crippen molar-refractivity contribution < 1.29 is 9.53 Å². The van der Waals surface area contributed by atoms with Crippen molar-refractivity contribution in [1.82, 2.24) is 9.55 Å². The van der Waals surface area contributed by atoms with Gasteiger partial charge in [0.2, 0.25) is 5.91 Å². The lowest BCUT2D eigenvalue weighted by atomic mass is 9.86. The third kappa shape index (κ3) is 2.60. The third-order valence-electron chi connectivity index (χ3n) is 6.35. The quantitative estimate of drug-likeness (QED) is 0.797. The highest BCUT2D eigenvalue weighted by atomic mass is 16.5. The number of ether oxygens (including phenoxy) is 1. The molecule has 1 aromatic heterocycles. The molecule has 2 heterocycles. The second-order valence-corrected chi connectivity index (χ2v) is 7.96. The Kier molecular flexibility index (Phi) is 4.21. The number of aromatic nitrogens is 2. The van der Waals surface area contributed by atoms with Crippen molar-refractivity contribution in [2.75, 3.05) is 11.9 Å². The van der Waals surface area contributed by atoms with Crippen LogP contribution in [0.25, 0.3) is 11.0 Å². The summed E-state index contributed by atoms with van der Waals surface area (Å²) in [4.78, 5) is 18.6. The molecule has 0 radical (unpaired) electrons. The summed E-state index contributed by atoms with van der Waals surface area (Å²) in [6.45, 7) is 11.5. The number of imidazole rings is 1. The highest BCUT2D eigenvalue weighted by molar-refractivity contribution is 5.97. The van der Waals surface area contributed by atoms with Gasteiger partial charge in [0, 0.05) is 39.4 Å². The van der Waals surface area contributed by atoms with E-state index in [1.165, 1.54) is 11.1 Å². The molecule has 0 bridgehead atoms. The third-order valence-corrected chi connectivity index (χ3v) is 6.35. The molecule has 5 heteroatoms. The molecule has 28 heavy (non-hydrogen) atoms. The first-order valence-electron chi connectivity index (χ1n) is 9.69. The van der Waals surface area contributed by atoms with Gasteiger partial charge in [0.25, 0.3) is 0 Å². The second-order valence-electron chi connectivity index (χ2n) is 7.96. The molecule has 4 rings (SSSR count). The van der Waals surface area contributed by atoms with Crippen LogP contribution < -0.4 is 9.64 Å². The Bertz CT molecular complexity index is 1040. The number of nitrogens with zero attached hydrogens (tertiary/aromatic N) is 3. The van der Waals surface area contributed by atoms with Gasteiger partial charge in [-0.15, -0.1) is 0 Å². The number of anilines is 1. The van der Waals surface area contributed by atoms with Crippen LogP contribution in [0.5, 0.6) is 5.75 Å². The average molecular weight is 377 g/mol. The number of hydrogen-bond acceptors (Lipinski definition) is 3. The minimum atomic E-state index is -0.286. The maximum absolute atomic E-state index is 12.1. The first-order valence-corrected chi connectivity index (χ1v) is 9.69. The molecule has 0 N–H and O–H groups in total. The molecule has 0 unspecified atom stereocenters. The summed E-state index contributed by atoms with van der Waals surface area (Å²) in [5.74, 6) is 1.75. The van der Waals surface area contributed by atoms with Crippen molar-refractivity contribution in [3.8, 4) is 5.75 Å². The van der Waals surface area contributed by atoms with Gasteiger partial charge in [-0.1, -0.05) is 25.3 Å². The van der Waals surface area contributed by atoms with E-state index in [0.717, 1.165) is 59.5 Å². The summed E-state index contributed by atoms with van der Waals surface area (Å²) in [6, 6.07) is 2.06. The molecule has 0 atom stereocenters. The Hall–Kier alpha value is -2.82. The lowest BCUT2D eigenvalue weighted by Gasteiger charge is -2.37. The van der Waals surface area contributed by atoms with Crippen LogP contribution >= 0.6 is 0 Å². The van der Waals surface area contributed by atoms with E-state index in [-0.39, 0.29) is 11.5 Å². The highest BCUT2D eigenvalue weighted by Gasteiger charge is 2.43. The molecular formula is C23H27N3O2. The predicted octanol–water partition coefficient (Wildman–Crippen LogP) is 4.39. The Morgan fingerprint density at radius 2 is 1.96 bits per heavy atom. The highest BCUT2D eigenvalue weighted by Crippen LogP contribution is 2.50. The van der Waals surface area contributed by atoms with Crippen LogP contribution in [0.1, 0.15) is 37.6 Å². The molecule has 1 amide bonds. The van der Waals surface area contributed by atoms with Gasteiger partial charge >= 0.3 is 0 Å². The fraction of sp³-hybridized carbons (Fsp3) is 0.391. The van der Waals surface area contributed by atoms with Crippen LogP contribution in [0.2, 0.25) is 0 Å². The van der Waals surface area contributed by atoms with Gasteiger partial charge in [0.1, 0.15) is 16.9 Å². The second kappa shape index (κ2) is 6.36. The van der Waals surface area contributed by atoms with E-state index < -0.39 is 0 Å². The van der Waals surface area contributed by atoms with Gasteiger partial charge in [-0.05, 0) is 37.0 Å². The van der Waals surface area contributed by atoms with E-state index in [9.17, 15) is 4.79 Å². The Labute approximate surface area is 166 Å². The van der Waals surface area contributed by atoms with Crippen LogP contribution in [0.3, 0.4) is 0 Å². The van der Waals surface area contributed by atoms with Gasteiger partial charge in [0.05, 0.1) is 11.2 Å². The number of allylic oxidation sites excluding steroid dienone is 2. The van der Waals surface area contributed by atoms with Gasteiger partial charge in [-0.2, -0.15) is 0 Å². The van der Waals surface area contributed by atoms with E-state index in [1.54, 1.807) is 11.8 Å². The summed E-state index contributed by atoms with van der Waals surface area (Å²) in [5.41, 5.74) is 5.98. The van der Waals surface area contributed by atoms with Gasteiger partial charge in [-0.3, -0.25) is 4.79 Å². The molecule has 2 aromatic rings. The molecule has 1 aliphatic carbocycles. The summed E-state index contributed by atoms with van der Waals surface area (Å²) >= 11 is 0. The van der Waals surface area contributed by atoms with Crippen molar-refractivity contribution in [3.05, 3.63) is 53.9 Å².